The molecule has 6 heteroatoms. The highest BCUT2D eigenvalue weighted by Crippen LogP contribution is 2.41. The second-order valence-corrected chi connectivity index (χ2v) is 11.4. The van der Waals surface area contributed by atoms with Crippen LogP contribution in [0.25, 0.3) is 6.08 Å². The normalized spacial score (nSPS) is 27.2. The van der Waals surface area contributed by atoms with Crippen molar-refractivity contribution < 1.29 is 19.1 Å². The highest BCUT2D eigenvalue weighted by atomic mass is 16.7. The third kappa shape index (κ3) is 6.10. The molecule has 0 spiro atoms. The van der Waals surface area contributed by atoms with Crippen LogP contribution in [0.1, 0.15) is 76.7 Å². The molecule has 0 unspecified atom stereocenters. The number of fused-ring (bicyclic) bond motifs is 1. The lowest BCUT2D eigenvalue weighted by molar-refractivity contribution is -0.143. The number of likely N-dealkylation sites (tertiary alicyclic amines) is 2. The Morgan fingerprint density at radius 3 is 2.26 bits per heavy atom. The van der Waals surface area contributed by atoms with Crippen molar-refractivity contribution in [2.45, 2.75) is 71.1 Å². The largest absolute Gasteiger partial charge is 0.454 e. The van der Waals surface area contributed by atoms with Crippen LogP contribution in [0.3, 0.4) is 0 Å². The summed E-state index contributed by atoms with van der Waals surface area (Å²) in [7, 11) is 0. The number of nitrogens with zero attached hydrogens (tertiary/aromatic N) is 2. The molecule has 2 fully saturated rings. The van der Waals surface area contributed by atoms with E-state index in [1.165, 1.54) is 19.3 Å². The predicted molar refractivity (Wildman–Crippen MR) is 150 cm³/mol. The van der Waals surface area contributed by atoms with E-state index in [4.69, 9.17) is 9.47 Å². The van der Waals surface area contributed by atoms with Gasteiger partial charge in [0.15, 0.2) is 11.5 Å². The van der Waals surface area contributed by atoms with E-state index in [1.807, 2.05) is 23.1 Å². The lowest BCUT2D eigenvalue weighted by Crippen LogP contribution is -2.50. The minimum absolute atomic E-state index is 0.160. The first-order valence-corrected chi connectivity index (χ1v) is 15.0. The molecule has 1 aliphatic carbocycles. The van der Waals surface area contributed by atoms with E-state index in [0.29, 0.717) is 0 Å². The van der Waals surface area contributed by atoms with Gasteiger partial charge in [0, 0.05) is 32.1 Å². The van der Waals surface area contributed by atoms with E-state index >= 15 is 0 Å². The van der Waals surface area contributed by atoms with E-state index in [1.54, 1.807) is 0 Å². The summed E-state index contributed by atoms with van der Waals surface area (Å²) < 4.78 is 11.1. The van der Waals surface area contributed by atoms with Crippen molar-refractivity contribution >= 4 is 17.9 Å². The number of allylic oxidation sites excluding steroid dienone is 2. The monoisotopic (exact) mass is 520 g/mol. The molecule has 2 amide bonds. The van der Waals surface area contributed by atoms with Crippen molar-refractivity contribution in [3.8, 4) is 11.5 Å². The first-order chi connectivity index (χ1) is 18.7. The number of hydrogen-bond donors (Lipinski definition) is 0. The van der Waals surface area contributed by atoms with Crippen molar-refractivity contribution in [2.75, 3.05) is 33.0 Å². The summed E-state index contributed by atoms with van der Waals surface area (Å²) in [5.74, 6) is 1.41. The minimum atomic E-state index is -0.306. The Balaban J connectivity index is 1.48. The van der Waals surface area contributed by atoms with Crippen LogP contribution in [0.2, 0.25) is 0 Å². The second-order valence-electron chi connectivity index (χ2n) is 11.4. The Labute approximate surface area is 228 Å². The fraction of sp³-hybridized carbons (Fsp3) is 0.625. The summed E-state index contributed by atoms with van der Waals surface area (Å²) in [6, 6.07) is 5.94. The zero-order valence-electron chi connectivity index (χ0n) is 23.0. The number of carbonyl (C=O) groups is 2. The van der Waals surface area contributed by atoms with Crippen molar-refractivity contribution in [2.24, 2.45) is 23.7 Å². The lowest BCUT2D eigenvalue weighted by Gasteiger charge is -2.42. The SMILES string of the molecule is CCCCC[C@H]1C=C[C@@H](C(=O)N2CCCCC2)[C@@H](/C=C/c2ccc3c(c2)OCO3)[C@@H]1C(=O)N1CCCCC1. The number of benzene rings is 1. The molecule has 206 valence electrons. The molecule has 4 aliphatic rings. The molecule has 3 aliphatic heterocycles. The summed E-state index contributed by atoms with van der Waals surface area (Å²) in [6.45, 7) is 5.79. The van der Waals surface area contributed by atoms with Crippen LogP contribution >= 0.6 is 0 Å². The van der Waals surface area contributed by atoms with E-state index in [2.05, 4.69) is 36.1 Å². The maximum absolute atomic E-state index is 14.2. The Kier molecular flexibility index (Phi) is 9.08. The van der Waals surface area contributed by atoms with Gasteiger partial charge in [-0.05, 0) is 68.6 Å². The molecule has 3 heterocycles. The molecular formula is C32H44N2O4. The van der Waals surface area contributed by atoms with Crippen LogP contribution < -0.4 is 9.47 Å². The fourth-order valence-corrected chi connectivity index (χ4v) is 6.65. The first kappa shape index (κ1) is 26.8. The summed E-state index contributed by atoms with van der Waals surface area (Å²) >= 11 is 0. The van der Waals surface area contributed by atoms with Crippen molar-refractivity contribution in [1.82, 2.24) is 9.80 Å². The highest BCUT2D eigenvalue weighted by molar-refractivity contribution is 5.86. The Morgan fingerprint density at radius 2 is 1.55 bits per heavy atom. The lowest BCUT2D eigenvalue weighted by atomic mass is 9.67. The molecule has 5 rings (SSSR count). The van der Waals surface area contributed by atoms with Crippen LogP contribution in [-0.4, -0.2) is 54.6 Å². The maximum atomic E-state index is 14.2. The number of ether oxygens (including phenoxy) is 2. The van der Waals surface area contributed by atoms with Gasteiger partial charge in [0.2, 0.25) is 18.6 Å². The average molecular weight is 521 g/mol. The van der Waals surface area contributed by atoms with Crippen molar-refractivity contribution in [3.63, 3.8) is 0 Å². The third-order valence-corrected chi connectivity index (χ3v) is 8.81. The van der Waals surface area contributed by atoms with Gasteiger partial charge in [-0.2, -0.15) is 0 Å². The number of carbonyl (C=O) groups excluding carboxylic acids is 2. The fourth-order valence-electron chi connectivity index (χ4n) is 6.65. The van der Waals surface area contributed by atoms with Gasteiger partial charge in [0.05, 0.1) is 11.8 Å². The summed E-state index contributed by atoms with van der Waals surface area (Å²) in [5.41, 5.74) is 1.000. The van der Waals surface area contributed by atoms with Crippen LogP contribution in [0, 0.1) is 23.7 Å². The Morgan fingerprint density at radius 1 is 0.868 bits per heavy atom. The van der Waals surface area contributed by atoms with Crippen molar-refractivity contribution in [3.05, 3.63) is 42.0 Å². The molecule has 4 atom stereocenters. The second kappa shape index (κ2) is 12.9. The molecule has 1 aromatic rings. The zero-order chi connectivity index (χ0) is 26.3. The number of rotatable bonds is 8. The first-order valence-electron chi connectivity index (χ1n) is 15.0. The molecule has 0 saturated carbocycles. The molecule has 0 aromatic heterocycles. The van der Waals surface area contributed by atoms with Gasteiger partial charge >= 0.3 is 0 Å². The zero-order valence-corrected chi connectivity index (χ0v) is 23.0. The van der Waals surface area contributed by atoms with Crippen LogP contribution in [0.5, 0.6) is 11.5 Å². The molecular weight excluding hydrogens is 476 g/mol. The number of amides is 2. The number of unbranched alkanes of at least 4 members (excludes halogenated alkanes) is 2. The smallest absolute Gasteiger partial charge is 0.231 e. The third-order valence-electron chi connectivity index (χ3n) is 8.81. The minimum Gasteiger partial charge on any atom is -0.454 e. The topological polar surface area (TPSA) is 59.1 Å². The summed E-state index contributed by atoms with van der Waals surface area (Å²) in [4.78, 5) is 32.3. The number of piperidine rings is 2. The molecule has 0 bridgehead atoms. The summed E-state index contributed by atoms with van der Waals surface area (Å²) in [5, 5.41) is 0. The molecule has 6 nitrogen and oxygen atoms in total. The van der Waals surface area contributed by atoms with Gasteiger partial charge in [0.1, 0.15) is 0 Å². The molecule has 0 radical (unpaired) electrons. The van der Waals surface area contributed by atoms with Gasteiger partial charge in [-0.3, -0.25) is 9.59 Å². The molecule has 38 heavy (non-hydrogen) atoms. The average Bonchev–Trinajstić information content (AvgIpc) is 3.44. The highest BCUT2D eigenvalue weighted by Gasteiger charge is 2.44. The summed E-state index contributed by atoms with van der Waals surface area (Å²) in [6.07, 6.45) is 19.7. The van der Waals surface area contributed by atoms with Crippen LogP contribution in [-0.2, 0) is 9.59 Å². The maximum Gasteiger partial charge on any atom is 0.231 e. The predicted octanol–water partition coefficient (Wildman–Crippen LogP) is 6.07. The molecule has 0 N–H and O–H groups in total. The van der Waals surface area contributed by atoms with Gasteiger partial charge in [-0.1, -0.05) is 56.6 Å². The van der Waals surface area contributed by atoms with Crippen molar-refractivity contribution in [1.29, 1.82) is 0 Å². The van der Waals surface area contributed by atoms with E-state index in [9.17, 15) is 9.59 Å². The van der Waals surface area contributed by atoms with Gasteiger partial charge in [-0.15, -0.1) is 0 Å². The standard InChI is InChI=1S/C32H44N2O4/c1-2-3-6-11-25-14-16-27(31(35)33-18-7-4-8-19-33)26(30(25)32(36)34-20-9-5-10-21-34)15-12-24-13-17-28-29(22-24)38-23-37-28/h12-17,22,25-27,30H,2-11,18-21,23H2,1H3/b15-12+/t25-,26+,27+,30+/m0/s1. The van der Waals surface area contributed by atoms with Gasteiger partial charge < -0.3 is 19.3 Å². The Bertz CT molecular complexity index is 1020. The number of hydrogen-bond acceptors (Lipinski definition) is 4. The van der Waals surface area contributed by atoms with E-state index in [0.717, 1.165) is 88.2 Å². The van der Waals surface area contributed by atoms with Crippen LogP contribution in [0.15, 0.2) is 36.4 Å². The van der Waals surface area contributed by atoms with Crippen LogP contribution in [0.4, 0.5) is 0 Å². The molecule has 1 aromatic carbocycles. The van der Waals surface area contributed by atoms with Gasteiger partial charge in [-0.25, -0.2) is 0 Å². The van der Waals surface area contributed by atoms with E-state index < -0.39 is 0 Å². The quantitative estimate of drug-likeness (QED) is 0.308. The van der Waals surface area contributed by atoms with E-state index in [-0.39, 0.29) is 42.3 Å². The Hall–Kier alpha value is -2.76. The molecule has 2 saturated heterocycles. The van der Waals surface area contributed by atoms with Gasteiger partial charge in [0.25, 0.3) is 0 Å².